The summed E-state index contributed by atoms with van der Waals surface area (Å²) >= 11 is 0. The second kappa shape index (κ2) is 7.23. The molecule has 1 saturated heterocycles. The van der Waals surface area contributed by atoms with E-state index in [-0.39, 0.29) is 11.9 Å². The first-order valence-corrected chi connectivity index (χ1v) is 7.67. The number of carboxylic acids is 1. The summed E-state index contributed by atoms with van der Waals surface area (Å²) in [5, 5.41) is 16.2. The average molecular weight is 317 g/mol. The van der Waals surface area contributed by atoms with Crippen LogP contribution in [0.4, 0.5) is 6.01 Å². The molecule has 7 nitrogen and oxygen atoms in total. The van der Waals surface area contributed by atoms with Gasteiger partial charge in [-0.25, -0.2) is 4.79 Å². The number of nitrogens with zero attached hydrogens (tertiary/aromatic N) is 2. The van der Waals surface area contributed by atoms with Crippen molar-refractivity contribution in [2.24, 2.45) is 0 Å². The Morgan fingerprint density at radius 1 is 1.30 bits per heavy atom. The van der Waals surface area contributed by atoms with Crippen LogP contribution in [0.1, 0.15) is 30.1 Å². The molecule has 1 aromatic heterocycles. The smallest absolute Gasteiger partial charge is 0.326 e. The third-order valence-corrected chi connectivity index (χ3v) is 3.91. The van der Waals surface area contributed by atoms with E-state index in [1.54, 1.807) is 0 Å². The van der Waals surface area contributed by atoms with Gasteiger partial charge < -0.3 is 19.7 Å². The van der Waals surface area contributed by atoms with Crippen LogP contribution < -0.4 is 5.32 Å². The molecule has 0 aliphatic carbocycles. The predicted octanol–water partition coefficient (Wildman–Crippen LogP) is 2.07. The maximum Gasteiger partial charge on any atom is 0.326 e. The van der Waals surface area contributed by atoms with E-state index in [0.29, 0.717) is 25.5 Å². The zero-order valence-corrected chi connectivity index (χ0v) is 12.6. The minimum absolute atomic E-state index is 0.148. The van der Waals surface area contributed by atoms with E-state index in [2.05, 4.69) is 15.5 Å². The van der Waals surface area contributed by atoms with Crippen molar-refractivity contribution in [3.05, 3.63) is 41.7 Å². The summed E-state index contributed by atoms with van der Waals surface area (Å²) in [5.41, 5.74) is 0.927. The first-order chi connectivity index (χ1) is 11.2. The van der Waals surface area contributed by atoms with Crippen LogP contribution in [0.15, 0.2) is 34.9 Å². The number of carbonyl (C=O) groups is 1. The Kier molecular flexibility index (Phi) is 4.87. The molecule has 2 heterocycles. The number of hydrogen-bond donors (Lipinski definition) is 2. The van der Waals surface area contributed by atoms with Gasteiger partial charge in [0.25, 0.3) is 0 Å². The van der Waals surface area contributed by atoms with E-state index in [9.17, 15) is 9.90 Å². The van der Waals surface area contributed by atoms with E-state index in [0.717, 1.165) is 18.4 Å². The lowest BCUT2D eigenvalue weighted by Crippen LogP contribution is -2.31. The molecule has 0 unspecified atom stereocenters. The maximum atomic E-state index is 11.4. The molecule has 1 atom stereocenters. The number of carboxylic acid groups (broad SMARTS) is 1. The van der Waals surface area contributed by atoms with Gasteiger partial charge in [0.1, 0.15) is 6.04 Å². The van der Waals surface area contributed by atoms with Crippen molar-refractivity contribution in [1.82, 2.24) is 10.1 Å². The average Bonchev–Trinajstić information content (AvgIpc) is 3.04. The Morgan fingerprint density at radius 3 is 2.74 bits per heavy atom. The largest absolute Gasteiger partial charge is 0.480 e. The number of hydrogen-bond acceptors (Lipinski definition) is 6. The minimum atomic E-state index is -0.959. The van der Waals surface area contributed by atoms with Gasteiger partial charge in [0, 0.05) is 25.6 Å². The number of nitrogens with one attached hydrogen (secondary N) is 1. The molecule has 1 aromatic carbocycles. The normalized spacial score (nSPS) is 16.9. The summed E-state index contributed by atoms with van der Waals surface area (Å²) in [4.78, 5) is 15.7. The molecule has 122 valence electrons. The molecular formula is C16H19N3O4. The van der Waals surface area contributed by atoms with Gasteiger partial charge in [0.2, 0.25) is 0 Å². The van der Waals surface area contributed by atoms with Crippen LogP contribution in [-0.2, 0) is 16.0 Å². The zero-order valence-electron chi connectivity index (χ0n) is 12.6. The predicted molar refractivity (Wildman–Crippen MR) is 82.3 cm³/mol. The van der Waals surface area contributed by atoms with Crippen molar-refractivity contribution in [2.75, 3.05) is 18.5 Å². The second-order valence-electron chi connectivity index (χ2n) is 5.57. The van der Waals surface area contributed by atoms with Crippen LogP contribution in [0.3, 0.4) is 0 Å². The highest BCUT2D eigenvalue weighted by atomic mass is 16.5. The van der Waals surface area contributed by atoms with Gasteiger partial charge in [-0.2, -0.15) is 4.98 Å². The van der Waals surface area contributed by atoms with Crippen molar-refractivity contribution in [1.29, 1.82) is 0 Å². The number of benzene rings is 1. The van der Waals surface area contributed by atoms with E-state index < -0.39 is 12.0 Å². The first kappa shape index (κ1) is 15.5. The molecule has 0 amide bonds. The number of ether oxygens (including phenoxy) is 1. The van der Waals surface area contributed by atoms with Crippen LogP contribution in [0.2, 0.25) is 0 Å². The standard InChI is InChI=1S/C16H19N3O4/c20-15(21)13(10-11-4-2-1-3-5-11)17-16-18-14(19-23-16)12-6-8-22-9-7-12/h1-5,12-13H,6-10H2,(H,20,21)(H,17,18,19)/t13-/m0/s1. The van der Waals surface area contributed by atoms with Crippen molar-refractivity contribution in [3.8, 4) is 0 Å². The zero-order chi connectivity index (χ0) is 16.1. The molecule has 1 fully saturated rings. The molecule has 0 radical (unpaired) electrons. The molecule has 0 bridgehead atoms. The summed E-state index contributed by atoms with van der Waals surface area (Å²) in [6.45, 7) is 1.38. The fourth-order valence-electron chi connectivity index (χ4n) is 2.61. The van der Waals surface area contributed by atoms with Crippen LogP contribution >= 0.6 is 0 Å². The van der Waals surface area contributed by atoms with Crippen LogP contribution in [0, 0.1) is 0 Å². The maximum absolute atomic E-state index is 11.4. The summed E-state index contributed by atoms with van der Waals surface area (Å²) in [7, 11) is 0. The van der Waals surface area contributed by atoms with Crippen molar-refractivity contribution in [3.63, 3.8) is 0 Å². The Balaban J connectivity index is 1.66. The number of aliphatic carboxylic acids is 1. The van der Waals surface area contributed by atoms with E-state index >= 15 is 0 Å². The fourth-order valence-corrected chi connectivity index (χ4v) is 2.61. The molecular weight excluding hydrogens is 298 g/mol. The summed E-state index contributed by atoms with van der Waals surface area (Å²) in [5.74, 6) is -0.139. The van der Waals surface area contributed by atoms with E-state index in [4.69, 9.17) is 9.26 Å². The summed E-state index contributed by atoms with van der Waals surface area (Å²) < 4.78 is 10.5. The SMILES string of the molecule is O=C(O)[C@H](Cc1ccccc1)Nc1nc(C2CCOCC2)no1. The summed E-state index contributed by atoms with van der Waals surface area (Å²) in [6.07, 6.45) is 2.04. The molecule has 7 heteroatoms. The third kappa shape index (κ3) is 4.07. The van der Waals surface area contributed by atoms with Gasteiger partial charge in [0.15, 0.2) is 5.82 Å². The molecule has 23 heavy (non-hydrogen) atoms. The molecule has 0 spiro atoms. The molecule has 0 saturated carbocycles. The van der Waals surface area contributed by atoms with Crippen molar-refractivity contribution >= 4 is 12.0 Å². The summed E-state index contributed by atoms with van der Waals surface area (Å²) in [6, 6.07) is 8.76. The van der Waals surface area contributed by atoms with E-state index in [1.165, 1.54) is 0 Å². The van der Waals surface area contributed by atoms with Crippen LogP contribution in [0.25, 0.3) is 0 Å². The van der Waals surface area contributed by atoms with Gasteiger partial charge in [-0.1, -0.05) is 35.5 Å². The fraction of sp³-hybridized carbons (Fsp3) is 0.438. The first-order valence-electron chi connectivity index (χ1n) is 7.67. The number of rotatable bonds is 6. The van der Waals surface area contributed by atoms with Crippen LogP contribution in [-0.4, -0.2) is 40.5 Å². The second-order valence-corrected chi connectivity index (χ2v) is 5.57. The highest BCUT2D eigenvalue weighted by Crippen LogP contribution is 2.25. The Morgan fingerprint density at radius 2 is 2.04 bits per heavy atom. The molecule has 2 aromatic rings. The lowest BCUT2D eigenvalue weighted by Gasteiger charge is -2.18. The van der Waals surface area contributed by atoms with E-state index in [1.807, 2.05) is 30.3 Å². The number of anilines is 1. The Labute approximate surface area is 133 Å². The van der Waals surface area contributed by atoms with Crippen molar-refractivity contribution in [2.45, 2.75) is 31.2 Å². The lowest BCUT2D eigenvalue weighted by molar-refractivity contribution is -0.137. The Bertz CT molecular complexity index is 638. The van der Waals surface area contributed by atoms with Crippen molar-refractivity contribution < 1.29 is 19.2 Å². The van der Waals surface area contributed by atoms with Gasteiger partial charge in [-0.3, -0.25) is 0 Å². The lowest BCUT2D eigenvalue weighted by atomic mass is 10.00. The molecule has 3 rings (SSSR count). The van der Waals surface area contributed by atoms with Gasteiger partial charge in [-0.05, 0) is 18.4 Å². The van der Waals surface area contributed by atoms with Gasteiger partial charge >= 0.3 is 12.0 Å². The monoisotopic (exact) mass is 317 g/mol. The molecule has 2 N–H and O–H groups in total. The Hall–Kier alpha value is -2.41. The minimum Gasteiger partial charge on any atom is -0.480 e. The topological polar surface area (TPSA) is 97.5 Å². The third-order valence-electron chi connectivity index (χ3n) is 3.91. The van der Waals surface area contributed by atoms with Gasteiger partial charge in [0.05, 0.1) is 0 Å². The highest BCUT2D eigenvalue weighted by molar-refractivity contribution is 5.76. The molecule has 1 aliphatic rings. The highest BCUT2D eigenvalue weighted by Gasteiger charge is 2.24. The number of aromatic nitrogens is 2. The molecule has 1 aliphatic heterocycles. The van der Waals surface area contributed by atoms with Gasteiger partial charge in [-0.15, -0.1) is 0 Å². The quantitative estimate of drug-likeness (QED) is 0.841. The van der Waals surface area contributed by atoms with Crippen LogP contribution in [0.5, 0.6) is 0 Å².